The number of carboxylic acids is 1. The number of hydrogen-bond acceptors (Lipinski definition) is 5. The van der Waals surface area contributed by atoms with E-state index in [1.807, 2.05) is 29.2 Å². The molecule has 1 saturated heterocycles. The van der Waals surface area contributed by atoms with Crippen LogP contribution in [0.3, 0.4) is 0 Å². The topological polar surface area (TPSA) is 65.4 Å². The van der Waals surface area contributed by atoms with Crippen molar-refractivity contribution in [3.8, 4) is 5.75 Å². The minimum Gasteiger partial charge on any atom is -0.497 e. The van der Waals surface area contributed by atoms with E-state index in [9.17, 15) is 9.90 Å². The Kier molecular flexibility index (Phi) is 6.25. The van der Waals surface area contributed by atoms with Gasteiger partial charge in [0.1, 0.15) is 17.6 Å². The van der Waals surface area contributed by atoms with E-state index in [0.717, 1.165) is 22.8 Å². The van der Waals surface area contributed by atoms with Gasteiger partial charge >= 0.3 is 5.97 Å². The lowest BCUT2D eigenvalue weighted by Crippen LogP contribution is -2.61. The third-order valence-electron chi connectivity index (χ3n) is 6.01. The molecule has 1 N–H and O–H groups in total. The Bertz CT molecular complexity index is 888. The third-order valence-corrected chi connectivity index (χ3v) is 6.01. The van der Waals surface area contributed by atoms with Gasteiger partial charge in [-0.25, -0.2) is 4.79 Å². The molecule has 0 radical (unpaired) electrons. The van der Waals surface area contributed by atoms with Crippen molar-refractivity contribution in [2.45, 2.75) is 67.1 Å². The molecule has 6 nitrogen and oxygen atoms in total. The van der Waals surface area contributed by atoms with E-state index in [4.69, 9.17) is 9.73 Å². The molecule has 0 spiro atoms. The number of aliphatic carboxylic acids is 1. The number of aliphatic imine (C=N–C) groups is 1. The van der Waals surface area contributed by atoms with E-state index in [1.165, 1.54) is 5.57 Å². The Hall–Kier alpha value is -2.34. The second-order valence-corrected chi connectivity index (χ2v) is 10.7. The second kappa shape index (κ2) is 8.30. The average molecular weight is 428 g/mol. The maximum Gasteiger partial charge on any atom is 0.328 e. The number of piperazine rings is 1. The van der Waals surface area contributed by atoms with Crippen LogP contribution in [0, 0.1) is 10.8 Å². The molecule has 1 aromatic carbocycles. The summed E-state index contributed by atoms with van der Waals surface area (Å²) in [6.45, 7) is 16.9. The smallest absolute Gasteiger partial charge is 0.328 e. The first-order valence-electron chi connectivity index (χ1n) is 11.0. The van der Waals surface area contributed by atoms with E-state index < -0.39 is 12.0 Å². The first-order chi connectivity index (χ1) is 14.3. The van der Waals surface area contributed by atoms with Crippen molar-refractivity contribution in [2.75, 3.05) is 20.2 Å². The standard InChI is InChI=1S/C25H37N3O3/c1-16-21(24(2,3)4)19-14-27(13-17-9-11-18(31-8)12-10-17)15-20(22(29)30)28(19)23(26-16)25(5,6)7/h9-12,16,20H,13-15H2,1-8H3,(H,29,30)/t16-,20+/m0/s1. The zero-order valence-electron chi connectivity index (χ0n) is 20.2. The molecular weight excluding hydrogens is 390 g/mol. The van der Waals surface area contributed by atoms with Crippen LogP contribution >= 0.6 is 0 Å². The summed E-state index contributed by atoms with van der Waals surface area (Å²) in [6, 6.07) is 7.36. The SMILES string of the molecule is COc1ccc(CN2CC3=C(C(C)(C)C)[C@H](C)N=C(C(C)(C)C)N3[C@@H](C(=O)O)C2)cc1. The molecule has 0 amide bonds. The highest BCUT2D eigenvalue weighted by Gasteiger charge is 2.46. The molecule has 0 unspecified atom stereocenters. The number of benzene rings is 1. The predicted molar refractivity (Wildman–Crippen MR) is 124 cm³/mol. The summed E-state index contributed by atoms with van der Waals surface area (Å²) in [5, 5.41) is 10.2. The summed E-state index contributed by atoms with van der Waals surface area (Å²) in [5.74, 6) is 0.887. The first kappa shape index (κ1) is 23.3. The fourth-order valence-corrected chi connectivity index (χ4v) is 4.82. The number of amidine groups is 1. The van der Waals surface area contributed by atoms with Crippen molar-refractivity contribution in [1.29, 1.82) is 0 Å². The minimum atomic E-state index is -0.809. The number of rotatable bonds is 4. The van der Waals surface area contributed by atoms with Gasteiger partial charge in [0.15, 0.2) is 0 Å². The molecule has 31 heavy (non-hydrogen) atoms. The quantitative estimate of drug-likeness (QED) is 0.771. The van der Waals surface area contributed by atoms with Gasteiger partial charge in [-0.2, -0.15) is 0 Å². The lowest BCUT2D eigenvalue weighted by atomic mass is 9.78. The van der Waals surface area contributed by atoms with Crippen molar-refractivity contribution in [1.82, 2.24) is 9.80 Å². The van der Waals surface area contributed by atoms with E-state index in [-0.39, 0.29) is 16.9 Å². The van der Waals surface area contributed by atoms with Crippen LogP contribution in [0.25, 0.3) is 0 Å². The highest BCUT2D eigenvalue weighted by atomic mass is 16.5. The van der Waals surface area contributed by atoms with Gasteiger partial charge in [-0.15, -0.1) is 0 Å². The van der Waals surface area contributed by atoms with Crippen LogP contribution in [-0.2, 0) is 11.3 Å². The van der Waals surface area contributed by atoms with Crippen LogP contribution in [0.4, 0.5) is 0 Å². The number of hydrogen-bond donors (Lipinski definition) is 1. The van der Waals surface area contributed by atoms with Crippen LogP contribution in [0.5, 0.6) is 5.75 Å². The van der Waals surface area contributed by atoms with Gasteiger partial charge in [-0.3, -0.25) is 9.89 Å². The molecule has 2 atom stereocenters. The van der Waals surface area contributed by atoms with Crippen LogP contribution < -0.4 is 4.74 Å². The summed E-state index contributed by atoms with van der Waals surface area (Å²) in [7, 11) is 1.66. The van der Waals surface area contributed by atoms with Crippen molar-refractivity contribution in [3.05, 3.63) is 41.1 Å². The average Bonchev–Trinajstić information content (AvgIpc) is 2.65. The van der Waals surface area contributed by atoms with Gasteiger partial charge in [0.2, 0.25) is 0 Å². The zero-order valence-corrected chi connectivity index (χ0v) is 20.2. The normalized spacial score (nSPS) is 22.8. The number of carboxylic acid groups (broad SMARTS) is 1. The highest BCUT2D eigenvalue weighted by Crippen LogP contribution is 2.41. The molecular formula is C25H37N3O3. The van der Waals surface area contributed by atoms with Gasteiger partial charge in [-0.05, 0) is 35.6 Å². The van der Waals surface area contributed by atoms with Crippen molar-refractivity contribution in [3.63, 3.8) is 0 Å². The van der Waals surface area contributed by atoms with Crippen LogP contribution in [0.1, 0.15) is 54.0 Å². The predicted octanol–water partition coefficient (Wildman–Crippen LogP) is 4.41. The molecule has 1 aromatic rings. The summed E-state index contributed by atoms with van der Waals surface area (Å²) < 4.78 is 5.27. The Morgan fingerprint density at radius 2 is 1.74 bits per heavy atom. The lowest BCUT2D eigenvalue weighted by Gasteiger charge is -2.50. The van der Waals surface area contributed by atoms with Gasteiger partial charge in [-0.1, -0.05) is 53.7 Å². The number of ether oxygens (including phenoxy) is 1. The fraction of sp³-hybridized carbons (Fsp3) is 0.600. The molecule has 0 bridgehead atoms. The van der Waals surface area contributed by atoms with Gasteiger partial charge in [0.05, 0.1) is 13.2 Å². The number of fused-ring (bicyclic) bond motifs is 1. The highest BCUT2D eigenvalue weighted by molar-refractivity contribution is 5.94. The molecule has 170 valence electrons. The molecule has 3 rings (SSSR count). The van der Waals surface area contributed by atoms with Crippen LogP contribution in [-0.4, -0.2) is 59.0 Å². The monoisotopic (exact) mass is 427 g/mol. The molecule has 2 aliphatic heterocycles. The number of carbonyl (C=O) groups is 1. The fourth-order valence-electron chi connectivity index (χ4n) is 4.82. The van der Waals surface area contributed by atoms with Gasteiger partial charge in [0, 0.05) is 30.7 Å². The summed E-state index contributed by atoms with van der Waals surface area (Å²) in [5.41, 5.74) is 3.13. The Morgan fingerprint density at radius 3 is 2.23 bits per heavy atom. The zero-order chi connectivity index (χ0) is 23.1. The minimum absolute atomic E-state index is 0.0239. The Morgan fingerprint density at radius 1 is 1.13 bits per heavy atom. The van der Waals surface area contributed by atoms with Crippen molar-refractivity contribution in [2.24, 2.45) is 15.8 Å². The summed E-state index contributed by atoms with van der Waals surface area (Å²) in [4.78, 5) is 21.8. The van der Waals surface area contributed by atoms with Gasteiger partial charge < -0.3 is 14.7 Å². The lowest BCUT2D eigenvalue weighted by molar-refractivity contribution is -0.143. The number of methoxy groups -OCH3 is 1. The number of nitrogens with zero attached hydrogens (tertiary/aromatic N) is 3. The Labute approximate surface area is 186 Å². The molecule has 0 aliphatic carbocycles. The van der Waals surface area contributed by atoms with E-state index in [1.54, 1.807) is 7.11 Å². The molecule has 6 heteroatoms. The molecule has 1 fully saturated rings. The summed E-state index contributed by atoms with van der Waals surface area (Å²) >= 11 is 0. The molecule has 0 saturated carbocycles. The molecule has 0 aromatic heterocycles. The van der Waals surface area contributed by atoms with E-state index >= 15 is 0 Å². The molecule has 2 heterocycles. The van der Waals surface area contributed by atoms with Gasteiger partial charge in [0.25, 0.3) is 0 Å². The van der Waals surface area contributed by atoms with Crippen LogP contribution in [0.2, 0.25) is 0 Å². The summed E-state index contributed by atoms with van der Waals surface area (Å²) in [6.07, 6.45) is 0. The molecule has 2 aliphatic rings. The van der Waals surface area contributed by atoms with E-state index in [0.29, 0.717) is 19.6 Å². The van der Waals surface area contributed by atoms with Crippen molar-refractivity contribution >= 4 is 11.8 Å². The van der Waals surface area contributed by atoms with E-state index in [2.05, 4.69) is 53.4 Å². The largest absolute Gasteiger partial charge is 0.497 e. The van der Waals surface area contributed by atoms with Crippen LogP contribution in [0.15, 0.2) is 40.5 Å². The Balaban J connectivity index is 2.05. The second-order valence-electron chi connectivity index (χ2n) is 10.7. The van der Waals surface area contributed by atoms with Crippen molar-refractivity contribution < 1.29 is 14.6 Å². The third kappa shape index (κ3) is 4.79. The first-order valence-corrected chi connectivity index (χ1v) is 11.0. The maximum atomic E-state index is 12.4. The maximum absolute atomic E-state index is 12.4.